The highest BCUT2D eigenvalue weighted by atomic mass is 32.2. The number of benzene rings is 1. The van der Waals surface area contributed by atoms with Crippen LogP contribution in [-0.2, 0) is 31.1 Å². The van der Waals surface area contributed by atoms with Gasteiger partial charge >= 0.3 is 0 Å². The molecule has 2 aromatic heterocycles. The van der Waals surface area contributed by atoms with Crippen LogP contribution in [-0.4, -0.2) is 27.3 Å². The van der Waals surface area contributed by atoms with Gasteiger partial charge in [-0.3, -0.25) is 14.2 Å². The Morgan fingerprint density at radius 3 is 2.89 bits per heavy atom. The third-order valence-electron chi connectivity index (χ3n) is 5.11. The molecule has 0 spiro atoms. The van der Waals surface area contributed by atoms with Crippen LogP contribution in [0.3, 0.4) is 0 Å². The monoisotopic (exact) mass is 413 g/mol. The zero-order valence-corrected chi connectivity index (χ0v) is 17.7. The highest BCUT2D eigenvalue weighted by molar-refractivity contribution is 8.00. The van der Waals surface area contributed by atoms with Gasteiger partial charge in [-0.2, -0.15) is 0 Å². The Kier molecular flexibility index (Phi) is 5.55. The molecular weight excluding hydrogens is 390 g/mol. The second-order valence-corrected chi connectivity index (χ2v) is 9.47. The molecule has 1 amide bonds. The lowest BCUT2D eigenvalue weighted by atomic mass is 10.1. The predicted molar refractivity (Wildman–Crippen MR) is 115 cm³/mol. The zero-order chi connectivity index (χ0) is 19.7. The summed E-state index contributed by atoms with van der Waals surface area (Å²) in [5.41, 5.74) is 2.39. The number of hydrogen-bond acceptors (Lipinski definition) is 5. The molecule has 0 fully saturated rings. The van der Waals surface area contributed by atoms with Crippen LogP contribution < -0.4 is 10.9 Å². The van der Waals surface area contributed by atoms with Gasteiger partial charge in [0.25, 0.3) is 5.56 Å². The molecule has 7 heteroatoms. The summed E-state index contributed by atoms with van der Waals surface area (Å²) in [6, 6.07) is 10.1. The first-order chi connectivity index (χ1) is 13.5. The van der Waals surface area contributed by atoms with Crippen LogP contribution in [0.4, 0.5) is 0 Å². The van der Waals surface area contributed by atoms with Crippen LogP contribution in [0.5, 0.6) is 0 Å². The Labute approximate surface area is 172 Å². The van der Waals surface area contributed by atoms with Gasteiger partial charge in [-0.05, 0) is 43.7 Å². The number of nitrogens with zero attached hydrogens (tertiary/aromatic N) is 2. The van der Waals surface area contributed by atoms with Gasteiger partial charge in [0.1, 0.15) is 4.83 Å². The molecule has 0 bridgehead atoms. The van der Waals surface area contributed by atoms with Crippen LogP contribution >= 0.6 is 23.1 Å². The summed E-state index contributed by atoms with van der Waals surface area (Å²) >= 11 is 2.97. The van der Waals surface area contributed by atoms with Gasteiger partial charge in [0, 0.05) is 18.5 Å². The summed E-state index contributed by atoms with van der Waals surface area (Å²) in [6.45, 7) is 2.45. The van der Waals surface area contributed by atoms with Crippen LogP contribution in [0.25, 0.3) is 10.2 Å². The van der Waals surface area contributed by atoms with Gasteiger partial charge in [-0.25, -0.2) is 4.98 Å². The number of aromatic nitrogens is 2. The average Bonchev–Trinajstić information content (AvgIpc) is 3.27. The molecule has 28 heavy (non-hydrogen) atoms. The summed E-state index contributed by atoms with van der Waals surface area (Å²) in [7, 11) is 1.75. The lowest BCUT2D eigenvalue weighted by molar-refractivity contribution is -0.120. The van der Waals surface area contributed by atoms with Crippen molar-refractivity contribution in [1.29, 1.82) is 0 Å². The molecule has 0 radical (unpaired) electrons. The fraction of sp³-hybridized carbons (Fsp3) is 0.381. The maximum atomic E-state index is 12.9. The number of hydrogen-bond donors (Lipinski definition) is 1. The predicted octanol–water partition coefficient (Wildman–Crippen LogP) is 3.32. The maximum Gasteiger partial charge on any atom is 0.262 e. The second kappa shape index (κ2) is 8.09. The van der Waals surface area contributed by atoms with E-state index in [9.17, 15) is 9.59 Å². The fourth-order valence-corrected chi connectivity index (χ4v) is 5.74. The number of thiophene rings is 1. The molecule has 3 aromatic rings. The molecule has 146 valence electrons. The molecule has 1 aromatic carbocycles. The quantitative estimate of drug-likeness (QED) is 0.497. The fourth-order valence-electron chi connectivity index (χ4n) is 3.54. The van der Waals surface area contributed by atoms with Crippen molar-refractivity contribution in [1.82, 2.24) is 14.9 Å². The highest BCUT2D eigenvalue weighted by Gasteiger charge is 2.24. The van der Waals surface area contributed by atoms with Crippen molar-refractivity contribution < 1.29 is 4.79 Å². The Balaban J connectivity index is 1.44. The minimum absolute atomic E-state index is 0.00332. The van der Waals surface area contributed by atoms with Crippen molar-refractivity contribution in [2.45, 2.75) is 43.0 Å². The van der Waals surface area contributed by atoms with Crippen molar-refractivity contribution in [3.63, 3.8) is 0 Å². The summed E-state index contributed by atoms with van der Waals surface area (Å²) in [6.07, 6.45) is 3.94. The molecule has 4 rings (SSSR count). The van der Waals surface area contributed by atoms with Crippen LogP contribution in [0.1, 0.15) is 29.3 Å². The first-order valence-corrected chi connectivity index (χ1v) is 11.2. The minimum Gasteiger partial charge on any atom is -0.355 e. The molecule has 1 unspecified atom stereocenters. The smallest absolute Gasteiger partial charge is 0.262 e. The molecule has 2 heterocycles. The van der Waals surface area contributed by atoms with Crippen molar-refractivity contribution in [2.24, 2.45) is 7.05 Å². The number of thioether (sulfide) groups is 1. The second-order valence-electron chi connectivity index (χ2n) is 7.08. The first-order valence-electron chi connectivity index (χ1n) is 9.54. The number of fused-ring (bicyclic) bond motifs is 3. The molecule has 1 aliphatic carbocycles. The Hall–Kier alpha value is -2.12. The van der Waals surface area contributed by atoms with Crippen molar-refractivity contribution in [3.05, 3.63) is 56.7 Å². The van der Waals surface area contributed by atoms with Gasteiger partial charge in [0.05, 0.1) is 10.6 Å². The molecule has 1 aliphatic rings. The van der Waals surface area contributed by atoms with Crippen LogP contribution in [0.2, 0.25) is 0 Å². The Bertz CT molecular complexity index is 1070. The Morgan fingerprint density at radius 1 is 1.32 bits per heavy atom. The molecule has 5 nitrogen and oxygen atoms in total. The number of carbonyl (C=O) groups is 1. The third kappa shape index (κ3) is 3.73. The third-order valence-corrected chi connectivity index (χ3v) is 7.44. The number of amides is 1. The maximum absolute atomic E-state index is 12.9. The lowest BCUT2D eigenvalue weighted by Crippen LogP contribution is -2.33. The van der Waals surface area contributed by atoms with E-state index in [1.54, 1.807) is 23.0 Å². The first kappa shape index (κ1) is 19.2. The molecule has 0 saturated carbocycles. The van der Waals surface area contributed by atoms with Gasteiger partial charge < -0.3 is 5.32 Å². The van der Waals surface area contributed by atoms with E-state index in [0.29, 0.717) is 11.7 Å². The van der Waals surface area contributed by atoms with E-state index < -0.39 is 0 Å². The van der Waals surface area contributed by atoms with Gasteiger partial charge in [-0.1, -0.05) is 42.1 Å². The van der Waals surface area contributed by atoms with Gasteiger partial charge in [-0.15, -0.1) is 11.3 Å². The summed E-state index contributed by atoms with van der Waals surface area (Å²) in [5, 5.41) is 4.04. The van der Waals surface area contributed by atoms with E-state index in [0.717, 1.165) is 35.9 Å². The van der Waals surface area contributed by atoms with Gasteiger partial charge in [0.15, 0.2) is 5.16 Å². The van der Waals surface area contributed by atoms with E-state index in [1.165, 1.54) is 27.8 Å². The summed E-state index contributed by atoms with van der Waals surface area (Å²) < 4.78 is 1.59. The van der Waals surface area contributed by atoms with E-state index in [-0.39, 0.29) is 16.7 Å². The molecule has 1 N–H and O–H groups in total. The normalized spacial score (nSPS) is 14.2. The summed E-state index contributed by atoms with van der Waals surface area (Å²) in [5.74, 6) is -0.0380. The number of aryl methyl sites for hydroxylation is 2. The average molecular weight is 414 g/mol. The Morgan fingerprint density at radius 2 is 2.11 bits per heavy atom. The molecular formula is C21H23N3O2S2. The lowest BCUT2D eigenvalue weighted by Gasteiger charge is -2.13. The van der Waals surface area contributed by atoms with Crippen molar-refractivity contribution in [2.75, 3.05) is 6.54 Å². The van der Waals surface area contributed by atoms with E-state index >= 15 is 0 Å². The highest BCUT2D eigenvalue weighted by Crippen LogP contribution is 2.35. The largest absolute Gasteiger partial charge is 0.355 e. The van der Waals surface area contributed by atoms with Crippen LogP contribution in [0.15, 0.2) is 40.3 Å². The minimum atomic E-state index is -0.321. The van der Waals surface area contributed by atoms with Gasteiger partial charge in [0.2, 0.25) is 5.91 Å². The van der Waals surface area contributed by atoms with E-state index in [1.807, 2.05) is 25.1 Å². The molecule has 0 aliphatic heterocycles. The van der Waals surface area contributed by atoms with E-state index in [4.69, 9.17) is 4.98 Å². The van der Waals surface area contributed by atoms with Crippen LogP contribution in [0, 0.1) is 0 Å². The topological polar surface area (TPSA) is 64.0 Å². The molecule has 1 atom stereocenters. The van der Waals surface area contributed by atoms with Crippen molar-refractivity contribution in [3.8, 4) is 0 Å². The number of nitrogens with one attached hydrogen (secondary N) is 1. The number of rotatable bonds is 6. The standard InChI is InChI=1S/C21H23N3O2S2/c1-13(18(25)22-12-11-14-7-4-3-5-8-14)27-21-23-19-17(20(26)24(21)2)15-9-6-10-16(15)28-19/h3-5,7-8,13H,6,9-12H2,1-2H3,(H,22,25). The molecule has 0 saturated heterocycles. The SMILES string of the molecule is CC(Sc1nc2sc3c(c2c(=O)n1C)CCC3)C(=O)NCCc1ccccc1. The number of carbonyl (C=O) groups excluding carboxylic acids is 1. The zero-order valence-electron chi connectivity index (χ0n) is 16.0. The van der Waals surface area contributed by atoms with E-state index in [2.05, 4.69) is 17.4 Å². The van der Waals surface area contributed by atoms with Crippen molar-refractivity contribution >= 4 is 39.2 Å². The summed E-state index contributed by atoms with van der Waals surface area (Å²) in [4.78, 5) is 32.2.